The van der Waals surface area contributed by atoms with Crippen molar-refractivity contribution in [2.45, 2.75) is 9.79 Å². The lowest BCUT2D eigenvalue weighted by atomic mass is 10.1. The molecule has 0 unspecified atom stereocenters. The number of nitrogens with zero attached hydrogens (tertiary/aromatic N) is 2. The predicted molar refractivity (Wildman–Crippen MR) is 109 cm³/mol. The molecule has 0 fully saturated rings. The van der Waals surface area contributed by atoms with Gasteiger partial charge in [0.2, 0.25) is 9.84 Å². The van der Waals surface area contributed by atoms with Crippen LogP contribution in [0.15, 0.2) is 82.6 Å². The van der Waals surface area contributed by atoms with Gasteiger partial charge in [-0.25, -0.2) is 17.8 Å². The maximum Gasteiger partial charge on any atom is 0.208 e. The topological polar surface area (TPSA) is 70.8 Å². The fraction of sp³-hybridized carbons (Fsp3) is 0. The smallest absolute Gasteiger partial charge is 0.208 e. The van der Waals surface area contributed by atoms with E-state index in [0.717, 1.165) is 0 Å². The van der Waals surface area contributed by atoms with Crippen molar-refractivity contribution in [2.24, 2.45) is 0 Å². The lowest BCUT2D eigenvalue weighted by Gasteiger charge is -2.13. The monoisotopic (exact) mass is 422 g/mol. The Morgan fingerprint density at radius 1 is 0.966 bits per heavy atom. The summed E-state index contributed by atoms with van der Waals surface area (Å²) in [4.78, 5) is 4.23. The Bertz CT molecular complexity index is 1400. The molecule has 3 aromatic carbocycles. The molecule has 0 aliphatic carbocycles. The Balaban J connectivity index is 2.05. The van der Waals surface area contributed by atoms with Crippen LogP contribution in [0, 0.1) is 17.1 Å². The van der Waals surface area contributed by atoms with Crippen LogP contribution >= 0.6 is 11.6 Å². The molecular formula is C22H12ClFN2O2S. The van der Waals surface area contributed by atoms with E-state index in [1.54, 1.807) is 30.3 Å². The van der Waals surface area contributed by atoms with Gasteiger partial charge in [0, 0.05) is 16.0 Å². The molecule has 0 saturated carbocycles. The van der Waals surface area contributed by atoms with Crippen LogP contribution in [0.2, 0.25) is 5.02 Å². The minimum atomic E-state index is -4.03. The van der Waals surface area contributed by atoms with Crippen molar-refractivity contribution in [3.8, 4) is 17.3 Å². The molecule has 0 N–H and O–H groups in total. The zero-order valence-electron chi connectivity index (χ0n) is 14.8. The summed E-state index contributed by atoms with van der Waals surface area (Å²) in [7, 11) is -4.03. The van der Waals surface area contributed by atoms with Gasteiger partial charge in [-0.2, -0.15) is 5.26 Å². The first kappa shape index (κ1) is 19.1. The second-order valence-electron chi connectivity index (χ2n) is 6.30. The maximum absolute atomic E-state index is 14.3. The molecular weight excluding hydrogens is 411 g/mol. The predicted octanol–water partition coefficient (Wildman–Crippen LogP) is 5.40. The summed E-state index contributed by atoms with van der Waals surface area (Å²) in [6, 6.07) is 19.9. The third-order valence-electron chi connectivity index (χ3n) is 4.44. The second kappa shape index (κ2) is 7.28. The van der Waals surface area contributed by atoms with E-state index in [-0.39, 0.29) is 26.6 Å². The molecule has 4 nitrogen and oxygen atoms in total. The lowest BCUT2D eigenvalue weighted by Crippen LogP contribution is -2.06. The van der Waals surface area contributed by atoms with Crippen LogP contribution in [0.4, 0.5) is 4.39 Å². The SMILES string of the molecule is N#Cc1cccc(S(=O)(=O)c2cc3cccc(F)c3nc2-c2ccc(Cl)cc2)c1. The number of benzene rings is 3. The van der Waals surface area contributed by atoms with E-state index in [1.165, 1.54) is 42.5 Å². The molecule has 0 amide bonds. The van der Waals surface area contributed by atoms with Crippen LogP contribution in [-0.2, 0) is 9.84 Å². The number of sulfone groups is 1. The molecule has 29 heavy (non-hydrogen) atoms. The molecule has 0 aliphatic rings. The first-order valence-corrected chi connectivity index (χ1v) is 10.4. The highest BCUT2D eigenvalue weighted by Gasteiger charge is 2.25. The van der Waals surface area contributed by atoms with Gasteiger partial charge in [0.15, 0.2) is 0 Å². The number of aromatic nitrogens is 1. The van der Waals surface area contributed by atoms with Gasteiger partial charge in [-0.3, -0.25) is 0 Å². The molecule has 7 heteroatoms. The number of hydrogen-bond acceptors (Lipinski definition) is 4. The van der Waals surface area contributed by atoms with Crippen LogP contribution in [-0.4, -0.2) is 13.4 Å². The van der Waals surface area contributed by atoms with Crippen molar-refractivity contribution in [1.29, 1.82) is 5.26 Å². The molecule has 4 rings (SSSR count). The molecule has 0 spiro atoms. The van der Waals surface area contributed by atoms with Gasteiger partial charge in [0.1, 0.15) is 11.3 Å². The number of para-hydroxylation sites is 1. The summed E-state index contributed by atoms with van der Waals surface area (Å²) < 4.78 is 41.2. The normalized spacial score (nSPS) is 11.3. The highest BCUT2D eigenvalue weighted by molar-refractivity contribution is 7.91. The standard InChI is InChI=1S/C22H12ClFN2O2S/c23-17-9-7-15(8-10-17)22-20(12-16-4-2-6-19(24)21(16)26-22)29(27,28)18-5-1-3-14(11-18)13-25/h1-12H. The summed E-state index contributed by atoms with van der Waals surface area (Å²) in [5.74, 6) is -0.548. The molecule has 0 radical (unpaired) electrons. The number of rotatable bonds is 3. The summed E-state index contributed by atoms with van der Waals surface area (Å²) in [5, 5.41) is 9.96. The third kappa shape index (κ3) is 3.46. The minimum absolute atomic E-state index is 0.0377. The Morgan fingerprint density at radius 2 is 1.69 bits per heavy atom. The minimum Gasteiger partial charge on any atom is -0.243 e. The first-order chi connectivity index (χ1) is 13.9. The van der Waals surface area contributed by atoms with E-state index in [0.29, 0.717) is 16.0 Å². The van der Waals surface area contributed by atoms with E-state index in [2.05, 4.69) is 4.98 Å². The molecule has 0 atom stereocenters. The van der Waals surface area contributed by atoms with Crippen LogP contribution < -0.4 is 0 Å². The highest BCUT2D eigenvalue weighted by Crippen LogP contribution is 2.34. The Morgan fingerprint density at radius 3 is 2.41 bits per heavy atom. The zero-order chi connectivity index (χ0) is 20.6. The van der Waals surface area contributed by atoms with Crippen molar-refractivity contribution < 1.29 is 12.8 Å². The van der Waals surface area contributed by atoms with Crippen molar-refractivity contribution in [3.05, 3.63) is 89.2 Å². The fourth-order valence-electron chi connectivity index (χ4n) is 3.02. The fourth-order valence-corrected chi connectivity index (χ4v) is 4.64. The van der Waals surface area contributed by atoms with E-state index in [4.69, 9.17) is 16.9 Å². The third-order valence-corrected chi connectivity index (χ3v) is 6.46. The number of hydrogen-bond donors (Lipinski definition) is 0. The number of nitriles is 1. The molecule has 1 heterocycles. The van der Waals surface area contributed by atoms with Gasteiger partial charge >= 0.3 is 0 Å². The van der Waals surface area contributed by atoms with E-state index < -0.39 is 15.7 Å². The van der Waals surface area contributed by atoms with Crippen LogP contribution in [0.25, 0.3) is 22.2 Å². The summed E-state index contributed by atoms with van der Waals surface area (Å²) in [5.41, 5.74) is 0.886. The number of fused-ring (bicyclic) bond motifs is 1. The summed E-state index contributed by atoms with van der Waals surface area (Å²) >= 11 is 5.95. The van der Waals surface area contributed by atoms with Crippen molar-refractivity contribution in [3.63, 3.8) is 0 Å². The van der Waals surface area contributed by atoms with Crippen molar-refractivity contribution in [2.75, 3.05) is 0 Å². The lowest BCUT2D eigenvalue weighted by molar-refractivity contribution is 0.596. The molecule has 4 aromatic rings. The van der Waals surface area contributed by atoms with Gasteiger partial charge in [0.05, 0.1) is 27.1 Å². The molecule has 142 valence electrons. The molecule has 1 aromatic heterocycles. The average molecular weight is 423 g/mol. The second-order valence-corrected chi connectivity index (χ2v) is 8.65. The molecule has 0 saturated heterocycles. The van der Waals surface area contributed by atoms with Gasteiger partial charge < -0.3 is 0 Å². The van der Waals surface area contributed by atoms with E-state index >= 15 is 0 Å². The van der Waals surface area contributed by atoms with Crippen LogP contribution in [0.1, 0.15) is 5.56 Å². The van der Waals surface area contributed by atoms with Gasteiger partial charge in [-0.15, -0.1) is 0 Å². The van der Waals surface area contributed by atoms with Gasteiger partial charge in [-0.1, -0.05) is 41.9 Å². The van der Waals surface area contributed by atoms with Crippen LogP contribution in [0.3, 0.4) is 0 Å². The molecule has 0 bridgehead atoms. The first-order valence-electron chi connectivity index (χ1n) is 8.50. The van der Waals surface area contributed by atoms with Gasteiger partial charge in [-0.05, 0) is 42.5 Å². The Kier molecular flexibility index (Phi) is 4.79. The largest absolute Gasteiger partial charge is 0.243 e. The maximum atomic E-state index is 14.3. The Labute approximate surface area is 171 Å². The number of halogens is 2. The Hall–Kier alpha value is -3.27. The van der Waals surface area contributed by atoms with Crippen molar-refractivity contribution >= 4 is 32.3 Å². The summed E-state index contributed by atoms with van der Waals surface area (Å²) in [6.45, 7) is 0. The molecule has 0 aliphatic heterocycles. The van der Waals surface area contributed by atoms with Crippen LogP contribution in [0.5, 0.6) is 0 Å². The highest BCUT2D eigenvalue weighted by atomic mass is 35.5. The average Bonchev–Trinajstić information content (AvgIpc) is 2.74. The number of pyridine rings is 1. The van der Waals surface area contributed by atoms with Gasteiger partial charge in [0.25, 0.3) is 0 Å². The van der Waals surface area contributed by atoms with E-state index in [1.807, 2.05) is 6.07 Å². The van der Waals surface area contributed by atoms with Crippen molar-refractivity contribution in [1.82, 2.24) is 4.98 Å². The summed E-state index contributed by atoms with van der Waals surface area (Å²) in [6.07, 6.45) is 0. The zero-order valence-corrected chi connectivity index (χ0v) is 16.4. The quantitative estimate of drug-likeness (QED) is 0.443. The van der Waals surface area contributed by atoms with E-state index in [9.17, 15) is 12.8 Å².